The fraction of sp³-hybridized carbons (Fsp3) is 0.286. The van der Waals surface area contributed by atoms with Crippen molar-refractivity contribution in [3.05, 3.63) is 53.9 Å². The molecule has 0 unspecified atom stereocenters. The molecule has 1 aromatic carbocycles. The van der Waals surface area contributed by atoms with Crippen LogP contribution in [-0.4, -0.2) is 4.57 Å². The molecule has 0 spiro atoms. The van der Waals surface area contributed by atoms with E-state index >= 15 is 0 Å². The average molecular weight is 199 g/mol. The number of aryl methyl sites for hydroxylation is 2. The third kappa shape index (κ3) is 1.82. The van der Waals surface area contributed by atoms with Crippen molar-refractivity contribution in [2.45, 2.75) is 26.7 Å². The van der Waals surface area contributed by atoms with E-state index in [0.717, 1.165) is 12.8 Å². The van der Waals surface area contributed by atoms with Gasteiger partial charge in [0.05, 0.1) is 5.69 Å². The molecule has 1 aromatic heterocycles. The summed E-state index contributed by atoms with van der Waals surface area (Å²) >= 11 is 0. The largest absolute Gasteiger partial charge is 0.323 e. The second-order valence-electron chi connectivity index (χ2n) is 3.72. The van der Waals surface area contributed by atoms with Gasteiger partial charge in [0.1, 0.15) is 0 Å². The van der Waals surface area contributed by atoms with Crippen LogP contribution in [0.25, 0.3) is 5.69 Å². The monoisotopic (exact) mass is 199 g/mol. The van der Waals surface area contributed by atoms with Crippen molar-refractivity contribution < 1.29 is 0 Å². The maximum atomic E-state index is 2.22. The summed E-state index contributed by atoms with van der Waals surface area (Å²) in [4.78, 5) is 0. The molecule has 15 heavy (non-hydrogen) atoms. The van der Waals surface area contributed by atoms with Gasteiger partial charge < -0.3 is 4.57 Å². The molecule has 1 nitrogen and oxygen atoms in total. The van der Waals surface area contributed by atoms with E-state index in [2.05, 4.69) is 61.1 Å². The van der Waals surface area contributed by atoms with Gasteiger partial charge in [-0.05, 0) is 36.1 Å². The van der Waals surface area contributed by atoms with E-state index in [1.165, 1.54) is 16.8 Å². The number of rotatable bonds is 3. The molecular weight excluding hydrogens is 182 g/mol. The van der Waals surface area contributed by atoms with E-state index < -0.39 is 0 Å². The number of aromatic nitrogens is 1. The Morgan fingerprint density at radius 2 is 1.40 bits per heavy atom. The molecule has 0 saturated carbocycles. The van der Waals surface area contributed by atoms with Crippen molar-refractivity contribution >= 4 is 0 Å². The molecule has 0 atom stereocenters. The van der Waals surface area contributed by atoms with Crippen LogP contribution in [0.1, 0.15) is 25.0 Å². The van der Waals surface area contributed by atoms with Gasteiger partial charge in [-0.25, -0.2) is 0 Å². The minimum Gasteiger partial charge on any atom is -0.323 e. The summed E-state index contributed by atoms with van der Waals surface area (Å²) in [5, 5.41) is 0. The van der Waals surface area contributed by atoms with E-state index in [4.69, 9.17) is 0 Å². The molecule has 0 aliphatic carbocycles. The second kappa shape index (κ2) is 4.35. The first kappa shape index (κ1) is 10.0. The van der Waals surface area contributed by atoms with Crippen molar-refractivity contribution in [3.8, 4) is 5.69 Å². The molecular formula is C14H17N. The molecule has 1 heteroatoms. The van der Waals surface area contributed by atoms with E-state index in [9.17, 15) is 0 Å². The van der Waals surface area contributed by atoms with E-state index in [1.807, 2.05) is 0 Å². The van der Waals surface area contributed by atoms with Crippen molar-refractivity contribution in [1.29, 1.82) is 0 Å². The topological polar surface area (TPSA) is 4.93 Å². The highest BCUT2D eigenvalue weighted by atomic mass is 14.9. The van der Waals surface area contributed by atoms with Crippen LogP contribution >= 0.6 is 0 Å². The van der Waals surface area contributed by atoms with Gasteiger partial charge in [-0.1, -0.05) is 32.0 Å². The minimum atomic E-state index is 1.08. The zero-order valence-electron chi connectivity index (χ0n) is 9.40. The van der Waals surface area contributed by atoms with Gasteiger partial charge in [0.2, 0.25) is 0 Å². The lowest BCUT2D eigenvalue weighted by Crippen LogP contribution is -2.01. The molecule has 0 saturated heterocycles. The van der Waals surface area contributed by atoms with Gasteiger partial charge in [-0.2, -0.15) is 0 Å². The lowest BCUT2D eigenvalue weighted by molar-refractivity contribution is 0.972. The molecule has 0 radical (unpaired) electrons. The maximum Gasteiger partial charge on any atom is 0.0513 e. The predicted molar refractivity (Wildman–Crippen MR) is 64.5 cm³/mol. The third-order valence-corrected chi connectivity index (χ3v) is 2.83. The van der Waals surface area contributed by atoms with Gasteiger partial charge >= 0.3 is 0 Å². The van der Waals surface area contributed by atoms with Crippen LogP contribution in [0.15, 0.2) is 42.7 Å². The van der Waals surface area contributed by atoms with Crippen molar-refractivity contribution in [3.63, 3.8) is 0 Å². The number of para-hydroxylation sites is 1. The minimum absolute atomic E-state index is 1.08. The summed E-state index contributed by atoms with van der Waals surface area (Å²) in [5.74, 6) is 0. The van der Waals surface area contributed by atoms with Crippen molar-refractivity contribution in [1.82, 2.24) is 4.57 Å². The normalized spacial score (nSPS) is 10.5. The van der Waals surface area contributed by atoms with Crippen LogP contribution in [0.3, 0.4) is 0 Å². The maximum absolute atomic E-state index is 2.22. The first-order chi connectivity index (χ1) is 7.36. The van der Waals surface area contributed by atoms with Crippen LogP contribution in [0.5, 0.6) is 0 Å². The summed E-state index contributed by atoms with van der Waals surface area (Å²) in [6.45, 7) is 4.42. The van der Waals surface area contributed by atoms with Crippen LogP contribution in [0.4, 0.5) is 0 Å². The van der Waals surface area contributed by atoms with E-state index in [-0.39, 0.29) is 0 Å². The zero-order chi connectivity index (χ0) is 10.7. The lowest BCUT2D eigenvalue weighted by Gasteiger charge is -2.13. The standard InChI is InChI=1S/C14H17N/c1-3-12-8-7-9-13(4-2)14(12)15-10-5-6-11-15/h5-11H,3-4H2,1-2H3. The Bertz CT molecular complexity index is 404. The number of nitrogens with zero attached hydrogens (tertiary/aromatic N) is 1. The summed E-state index contributed by atoms with van der Waals surface area (Å²) in [6.07, 6.45) is 6.41. The Hall–Kier alpha value is -1.50. The predicted octanol–water partition coefficient (Wildman–Crippen LogP) is 3.60. The number of benzene rings is 1. The summed E-state index contributed by atoms with van der Waals surface area (Å²) in [7, 11) is 0. The van der Waals surface area contributed by atoms with Gasteiger partial charge in [-0.3, -0.25) is 0 Å². The highest BCUT2D eigenvalue weighted by molar-refractivity contribution is 5.48. The molecule has 0 bridgehead atoms. The van der Waals surface area contributed by atoms with Gasteiger partial charge in [0.15, 0.2) is 0 Å². The molecule has 78 valence electrons. The first-order valence-electron chi connectivity index (χ1n) is 5.61. The van der Waals surface area contributed by atoms with Crippen LogP contribution in [0.2, 0.25) is 0 Å². The summed E-state index contributed by atoms with van der Waals surface area (Å²) in [6, 6.07) is 10.7. The molecule has 0 aliphatic rings. The van der Waals surface area contributed by atoms with Crippen LogP contribution in [0, 0.1) is 0 Å². The molecule has 1 heterocycles. The first-order valence-corrected chi connectivity index (χ1v) is 5.61. The molecule has 0 amide bonds. The molecule has 0 aliphatic heterocycles. The smallest absolute Gasteiger partial charge is 0.0513 e. The second-order valence-corrected chi connectivity index (χ2v) is 3.72. The Kier molecular flexibility index (Phi) is 2.91. The Morgan fingerprint density at radius 1 is 0.867 bits per heavy atom. The number of hydrogen-bond acceptors (Lipinski definition) is 0. The number of hydrogen-bond donors (Lipinski definition) is 0. The lowest BCUT2D eigenvalue weighted by atomic mass is 10.0. The zero-order valence-corrected chi connectivity index (χ0v) is 9.40. The third-order valence-electron chi connectivity index (χ3n) is 2.83. The molecule has 0 fully saturated rings. The van der Waals surface area contributed by atoms with Gasteiger partial charge in [0.25, 0.3) is 0 Å². The van der Waals surface area contributed by atoms with Crippen LogP contribution < -0.4 is 0 Å². The Labute approximate surface area is 91.4 Å². The Balaban J connectivity index is 2.61. The molecule has 2 aromatic rings. The fourth-order valence-corrected chi connectivity index (χ4v) is 2.03. The summed E-state index contributed by atoms with van der Waals surface area (Å²) in [5.41, 5.74) is 4.21. The average Bonchev–Trinajstić information content (AvgIpc) is 2.81. The molecule has 2 rings (SSSR count). The van der Waals surface area contributed by atoms with Gasteiger partial charge in [-0.15, -0.1) is 0 Å². The quantitative estimate of drug-likeness (QED) is 0.711. The SMILES string of the molecule is CCc1cccc(CC)c1-n1cccc1. The summed E-state index contributed by atoms with van der Waals surface area (Å²) < 4.78 is 2.22. The van der Waals surface area contributed by atoms with Crippen molar-refractivity contribution in [2.24, 2.45) is 0 Å². The van der Waals surface area contributed by atoms with Crippen molar-refractivity contribution in [2.75, 3.05) is 0 Å². The highest BCUT2D eigenvalue weighted by Gasteiger charge is 2.06. The fourth-order valence-electron chi connectivity index (χ4n) is 2.03. The van der Waals surface area contributed by atoms with E-state index in [1.54, 1.807) is 0 Å². The Morgan fingerprint density at radius 3 is 1.87 bits per heavy atom. The van der Waals surface area contributed by atoms with Gasteiger partial charge in [0, 0.05) is 12.4 Å². The van der Waals surface area contributed by atoms with Crippen LogP contribution in [-0.2, 0) is 12.8 Å². The molecule has 0 N–H and O–H groups in total. The van der Waals surface area contributed by atoms with E-state index in [0.29, 0.717) is 0 Å². The highest BCUT2D eigenvalue weighted by Crippen LogP contribution is 2.21.